The number of rotatable bonds is 9. The molecule has 2 aromatic rings. The Balaban J connectivity index is 2.10. The van der Waals surface area contributed by atoms with Crippen LogP contribution in [0.4, 0.5) is 0 Å². The fraction of sp³-hybridized carbons (Fsp3) is 0.304. The summed E-state index contributed by atoms with van der Waals surface area (Å²) in [6.07, 6.45) is 0. The number of para-hydroxylation sites is 1. The highest BCUT2D eigenvalue weighted by atomic mass is 16.5. The van der Waals surface area contributed by atoms with E-state index in [0.717, 1.165) is 5.56 Å². The van der Waals surface area contributed by atoms with Crippen molar-refractivity contribution in [2.45, 2.75) is 13.5 Å². The lowest BCUT2D eigenvalue weighted by Crippen LogP contribution is -2.37. The van der Waals surface area contributed by atoms with Crippen LogP contribution in [-0.2, 0) is 20.9 Å². The molecular formula is C23H26N2O4. The number of hydrogen-bond acceptors (Lipinski definition) is 5. The first kappa shape index (κ1) is 20.6. The fourth-order valence-electron chi connectivity index (χ4n) is 3.49. The van der Waals surface area contributed by atoms with Crippen LogP contribution in [0.5, 0.6) is 5.75 Å². The van der Waals surface area contributed by atoms with Crippen LogP contribution in [0.3, 0.4) is 0 Å². The molecule has 1 heterocycles. The van der Waals surface area contributed by atoms with Gasteiger partial charge in [-0.3, -0.25) is 14.5 Å². The SMILES string of the molecule is CCN(Cc1ccccc1)C1=C(c2ccccc2OC)C(=O)N(CCOC)C1=O. The van der Waals surface area contributed by atoms with Gasteiger partial charge >= 0.3 is 0 Å². The lowest BCUT2D eigenvalue weighted by Gasteiger charge is -2.25. The van der Waals surface area contributed by atoms with Gasteiger partial charge in [0.15, 0.2) is 0 Å². The summed E-state index contributed by atoms with van der Waals surface area (Å²) in [5.74, 6) is -0.0608. The number of imide groups is 1. The number of hydrogen-bond donors (Lipinski definition) is 0. The van der Waals surface area contributed by atoms with Crippen LogP contribution < -0.4 is 4.74 Å². The normalized spacial score (nSPS) is 14.0. The van der Waals surface area contributed by atoms with Gasteiger partial charge in [0.05, 0.1) is 25.8 Å². The van der Waals surface area contributed by atoms with E-state index in [1.165, 1.54) is 4.90 Å². The van der Waals surface area contributed by atoms with Crippen LogP contribution in [0.2, 0.25) is 0 Å². The smallest absolute Gasteiger partial charge is 0.277 e. The average molecular weight is 394 g/mol. The maximum absolute atomic E-state index is 13.3. The molecular weight excluding hydrogens is 368 g/mol. The summed E-state index contributed by atoms with van der Waals surface area (Å²) in [6.45, 7) is 3.59. The minimum atomic E-state index is -0.321. The Morgan fingerprint density at radius 1 is 0.931 bits per heavy atom. The third-order valence-corrected chi connectivity index (χ3v) is 4.95. The van der Waals surface area contributed by atoms with E-state index < -0.39 is 0 Å². The fourth-order valence-corrected chi connectivity index (χ4v) is 3.49. The number of nitrogens with zero attached hydrogens (tertiary/aromatic N) is 2. The summed E-state index contributed by atoms with van der Waals surface area (Å²) >= 11 is 0. The molecule has 1 aliphatic heterocycles. The van der Waals surface area contributed by atoms with Gasteiger partial charge in [-0.05, 0) is 18.6 Å². The molecule has 0 unspecified atom stereocenters. The van der Waals surface area contributed by atoms with Gasteiger partial charge < -0.3 is 14.4 Å². The molecule has 2 aromatic carbocycles. The van der Waals surface area contributed by atoms with E-state index in [9.17, 15) is 9.59 Å². The number of amides is 2. The summed E-state index contributed by atoms with van der Waals surface area (Å²) in [5, 5.41) is 0. The molecule has 6 nitrogen and oxygen atoms in total. The molecule has 152 valence electrons. The van der Waals surface area contributed by atoms with Crippen molar-refractivity contribution in [2.75, 3.05) is 33.9 Å². The number of ether oxygens (including phenoxy) is 2. The highest BCUT2D eigenvalue weighted by Gasteiger charge is 2.41. The van der Waals surface area contributed by atoms with Gasteiger partial charge in [0.25, 0.3) is 11.8 Å². The molecule has 0 aliphatic carbocycles. The second-order valence-electron chi connectivity index (χ2n) is 6.68. The number of methoxy groups -OCH3 is 2. The first-order valence-corrected chi connectivity index (χ1v) is 9.64. The first-order chi connectivity index (χ1) is 14.1. The quantitative estimate of drug-likeness (QED) is 0.612. The number of carbonyl (C=O) groups is 2. The van der Waals surface area contributed by atoms with Gasteiger partial charge in [0.1, 0.15) is 11.4 Å². The van der Waals surface area contributed by atoms with E-state index in [1.807, 2.05) is 60.4 Å². The van der Waals surface area contributed by atoms with E-state index in [-0.39, 0.29) is 25.0 Å². The van der Waals surface area contributed by atoms with Crippen LogP contribution >= 0.6 is 0 Å². The monoisotopic (exact) mass is 394 g/mol. The van der Waals surface area contributed by atoms with Crippen LogP contribution in [0.25, 0.3) is 5.57 Å². The summed E-state index contributed by atoms with van der Waals surface area (Å²) in [7, 11) is 3.11. The zero-order valence-corrected chi connectivity index (χ0v) is 17.1. The minimum absolute atomic E-state index is 0.208. The van der Waals surface area contributed by atoms with E-state index in [1.54, 1.807) is 20.3 Å². The zero-order chi connectivity index (χ0) is 20.8. The number of carbonyl (C=O) groups excluding carboxylic acids is 2. The Bertz CT molecular complexity index is 908. The third-order valence-electron chi connectivity index (χ3n) is 4.95. The Hall–Kier alpha value is -3.12. The van der Waals surface area contributed by atoms with Crippen molar-refractivity contribution in [3.63, 3.8) is 0 Å². The van der Waals surface area contributed by atoms with E-state index >= 15 is 0 Å². The van der Waals surface area contributed by atoms with Gasteiger partial charge in [0.2, 0.25) is 0 Å². The Morgan fingerprint density at radius 3 is 2.28 bits per heavy atom. The molecule has 0 fully saturated rings. The van der Waals surface area contributed by atoms with Gasteiger partial charge in [-0.1, -0.05) is 48.5 Å². The molecule has 0 N–H and O–H groups in total. The molecule has 0 radical (unpaired) electrons. The zero-order valence-electron chi connectivity index (χ0n) is 17.1. The summed E-state index contributed by atoms with van der Waals surface area (Å²) in [4.78, 5) is 29.8. The highest BCUT2D eigenvalue weighted by Crippen LogP contribution is 2.36. The highest BCUT2D eigenvalue weighted by molar-refractivity contribution is 6.36. The van der Waals surface area contributed by atoms with Gasteiger partial charge in [-0.25, -0.2) is 0 Å². The Labute approximate surface area is 171 Å². The molecule has 29 heavy (non-hydrogen) atoms. The number of benzene rings is 2. The summed E-state index contributed by atoms with van der Waals surface area (Å²) < 4.78 is 10.6. The van der Waals surface area contributed by atoms with Crippen LogP contribution in [0, 0.1) is 0 Å². The van der Waals surface area contributed by atoms with Crippen molar-refractivity contribution < 1.29 is 19.1 Å². The molecule has 0 aromatic heterocycles. The Morgan fingerprint density at radius 2 is 1.62 bits per heavy atom. The molecule has 0 atom stereocenters. The summed E-state index contributed by atoms with van der Waals surface area (Å²) in [5.41, 5.74) is 2.47. The maximum Gasteiger partial charge on any atom is 0.277 e. The van der Waals surface area contributed by atoms with Gasteiger partial charge in [-0.15, -0.1) is 0 Å². The first-order valence-electron chi connectivity index (χ1n) is 9.64. The standard InChI is InChI=1S/C23H26N2O4/c1-4-24(16-17-10-6-5-7-11-17)21-20(18-12-8-9-13-19(18)29-3)22(26)25(23(21)27)14-15-28-2/h5-13H,4,14-16H2,1-3H3. The molecule has 2 amide bonds. The predicted octanol–water partition coefficient (Wildman–Crippen LogP) is 2.94. The lowest BCUT2D eigenvalue weighted by atomic mass is 10.0. The van der Waals surface area contributed by atoms with Gasteiger partial charge in [0, 0.05) is 25.8 Å². The van der Waals surface area contributed by atoms with Gasteiger partial charge in [-0.2, -0.15) is 0 Å². The second-order valence-corrected chi connectivity index (χ2v) is 6.68. The minimum Gasteiger partial charge on any atom is -0.496 e. The second kappa shape index (κ2) is 9.39. The number of likely N-dealkylation sites (N-methyl/N-ethyl adjacent to an activating group) is 1. The molecule has 3 rings (SSSR count). The maximum atomic E-state index is 13.3. The third kappa shape index (κ3) is 4.17. The van der Waals surface area contributed by atoms with Crippen molar-refractivity contribution in [2.24, 2.45) is 0 Å². The lowest BCUT2D eigenvalue weighted by molar-refractivity contribution is -0.138. The largest absolute Gasteiger partial charge is 0.496 e. The van der Waals surface area contributed by atoms with Crippen molar-refractivity contribution in [1.29, 1.82) is 0 Å². The van der Waals surface area contributed by atoms with Crippen LogP contribution in [0.1, 0.15) is 18.1 Å². The van der Waals surface area contributed by atoms with Crippen molar-refractivity contribution in [3.8, 4) is 5.75 Å². The molecule has 0 saturated carbocycles. The summed E-state index contributed by atoms with van der Waals surface area (Å²) in [6, 6.07) is 17.2. The van der Waals surface area contributed by atoms with E-state index in [2.05, 4.69) is 0 Å². The van der Waals surface area contributed by atoms with Crippen molar-refractivity contribution >= 4 is 17.4 Å². The van der Waals surface area contributed by atoms with Crippen molar-refractivity contribution in [1.82, 2.24) is 9.80 Å². The molecule has 6 heteroatoms. The van der Waals surface area contributed by atoms with E-state index in [4.69, 9.17) is 9.47 Å². The van der Waals surface area contributed by atoms with Crippen LogP contribution in [-0.4, -0.2) is 55.5 Å². The molecule has 0 saturated heterocycles. The predicted molar refractivity (Wildman–Crippen MR) is 111 cm³/mol. The average Bonchev–Trinajstić information content (AvgIpc) is 3.00. The van der Waals surface area contributed by atoms with E-state index in [0.29, 0.717) is 35.7 Å². The molecule has 0 bridgehead atoms. The molecule has 0 spiro atoms. The van der Waals surface area contributed by atoms with Crippen molar-refractivity contribution in [3.05, 3.63) is 71.4 Å². The van der Waals surface area contributed by atoms with Crippen LogP contribution in [0.15, 0.2) is 60.3 Å². The molecule has 1 aliphatic rings. The Kier molecular flexibility index (Phi) is 6.67. The topological polar surface area (TPSA) is 59.1 Å².